The van der Waals surface area contributed by atoms with E-state index in [0.29, 0.717) is 17.2 Å². The van der Waals surface area contributed by atoms with Gasteiger partial charge in [0, 0.05) is 12.3 Å². The van der Waals surface area contributed by atoms with Crippen LogP contribution in [-0.2, 0) is 4.43 Å². The predicted molar refractivity (Wildman–Crippen MR) is 94.5 cm³/mol. The molecule has 1 heterocycles. The minimum atomic E-state index is -1.61. The summed E-state index contributed by atoms with van der Waals surface area (Å²) in [5.41, 5.74) is 0. The molecule has 1 aliphatic carbocycles. The Hall–Kier alpha value is 0.117. The average Bonchev–Trinajstić information content (AvgIpc) is 2.75. The van der Waals surface area contributed by atoms with Gasteiger partial charge in [-0.2, -0.15) is 5.10 Å². The van der Waals surface area contributed by atoms with Crippen molar-refractivity contribution in [3.8, 4) is 0 Å². The van der Waals surface area contributed by atoms with Crippen molar-refractivity contribution in [3.63, 3.8) is 0 Å². The van der Waals surface area contributed by atoms with Gasteiger partial charge in [-0.3, -0.25) is 4.68 Å². The molecule has 20 heavy (non-hydrogen) atoms. The summed E-state index contributed by atoms with van der Waals surface area (Å²) in [5.74, 6) is 0. The van der Waals surface area contributed by atoms with E-state index in [1.165, 1.54) is 29.3 Å². The molecule has 0 spiro atoms. The largest absolute Gasteiger partial charge is 0.414 e. The van der Waals surface area contributed by atoms with Crippen molar-refractivity contribution in [2.45, 2.75) is 76.7 Å². The average molecular weight is 406 g/mol. The second kappa shape index (κ2) is 6.08. The molecular formula is C15H27IN2OSi. The van der Waals surface area contributed by atoms with Gasteiger partial charge in [0.15, 0.2) is 8.32 Å². The Labute approximate surface area is 137 Å². The molecule has 0 saturated heterocycles. The molecule has 0 aromatic carbocycles. The van der Waals surface area contributed by atoms with Crippen molar-refractivity contribution in [1.29, 1.82) is 0 Å². The van der Waals surface area contributed by atoms with E-state index in [1.54, 1.807) is 0 Å². The molecule has 3 nitrogen and oxygen atoms in total. The lowest BCUT2D eigenvalue weighted by molar-refractivity contribution is 0.115. The van der Waals surface area contributed by atoms with Gasteiger partial charge in [-0.15, -0.1) is 0 Å². The third kappa shape index (κ3) is 3.85. The van der Waals surface area contributed by atoms with Gasteiger partial charge in [0.25, 0.3) is 0 Å². The molecule has 0 N–H and O–H groups in total. The highest BCUT2D eigenvalue weighted by Gasteiger charge is 2.39. The molecule has 0 aliphatic heterocycles. The first-order valence-electron chi connectivity index (χ1n) is 7.56. The van der Waals surface area contributed by atoms with Crippen LogP contribution in [-0.4, -0.2) is 24.2 Å². The fourth-order valence-corrected chi connectivity index (χ4v) is 4.37. The van der Waals surface area contributed by atoms with E-state index < -0.39 is 8.32 Å². The van der Waals surface area contributed by atoms with Gasteiger partial charge < -0.3 is 4.43 Å². The minimum Gasteiger partial charge on any atom is -0.414 e. The summed E-state index contributed by atoms with van der Waals surface area (Å²) in [5, 5.41) is 4.76. The number of hydrogen-bond donors (Lipinski definition) is 0. The van der Waals surface area contributed by atoms with Gasteiger partial charge in [0.2, 0.25) is 0 Å². The van der Waals surface area contributed by atoms with E-state index in [1.807, 2.05) is 6.20 Å². The van der Waals surface area contributed by atoms with Gasteiger partial charge >= 0.3 is 0 Å². The van der Waals surface area contributed by atoms with Crippen molar-refractivity contribution < 1.29 is 4.43 Å². The minimum absolute atomic E-state index is 0.307. The molecule has 0 unspecified atom stereocenters. The molecule has 1 fully saturated rings. The number of aromatic nitrogens is 2. The highest BCUT2D eigenvalue weighted by atomic mass is 127. The maximum atomic E-state index is 6.54. The molecule has 0 radical (unpaired) electrons. The molecule has 2 rings (SSSR count). The number of rotatable bonds is 3. The zero-order valence-corrected chi connectivity index (χ0v) is 16.5. The first-order valence-corrected chi connectivity index (χ1v) is 11.6. The van der Waals surface area contributed by atoms with E-state index >= 15 is 0 Å². The van der Waals surface area contributed by atoms with Crippen LogP contribution in [0.25, 0.3) is 0 Å². The zero-order chi connectivity index (χ0) is 15.0. The number of halogens is 1. The fraction of sp³-hybridized carbons (Fsp3) is 0.800. The quantitative estimate of drug-likeness (QED) is 0.522. The molecular weight excluding hydrogens is 379 g/mol. The number of nitrogens with zero attached hydrogens (tertiary/aromatic N) is 2. The molecule has 1 aromatic rings. The molecule has 1 aromatic heterocycles. The maximum Gasteiger partial charge on any atom is 0.192 e. The van der Waals surface area contributed by atoms with Crippen molar-refractivity contribution in [2.24, 2.45) is 0 Å². The highest BCUT2D eigenvalue weighted by molar-refractivity contribution is 14.1. The summed E-state index contributed by atoms with van der Waals surface area (Å²) in [4.78, 5) is 0. The van der Waals surface area contributed by atoms with Crippen LogP contribution in [0, 0.1) is 3.57 Å². The first-order chi connectivity index (χ1) is 9.19. The van der Waals surface area contributed by atoms with Gasteiger partial charge in [-0.25, -0.2) is 0 Å². The van der Waals surface area contributed by atoms with Gasteiger partial charge in [0.1, 0.15) is 0 Å². The monoisotopic (exact) mass is 406 g/mol. The normalized spacial score (nSPS) is 24.9. The topological polar surface area (TPSA) is 27.1 Å². The van der Waals surface area contributed by atoms with E-state index in [-0.39, 0.29) is 0 Å². The first kappa shape index (κ1) is 16.5. The fourth-order valence-electron chi connectivity index (χ4n) is 2.54. The van der Waals surface area contributed by atoms with E-state index in [9.17, 15) is 0 Å². The van der Waals surface area contributed by atoms with Crippen molar-refractivity contribution >= 4 is 30.9 Å². The van der Waals surface area contributed by atoms with Crippen LogP contribution in [0.4, 0.5) is 0 Å². The van der Waals surface area contributed by atoms with E-state index in [4.69, 9.17) is 4.43 Å². The maximum absolute atomic E-state index is 6.54. The SMILES string of the molecule is CC(C)(C)[Si](C)(C)OC1CCC(n2cc(I)cn2)CC1. The van der Waals surface area contributed by atoms with Crippen molar-refractivity contribution in [2.75, 3.05) is 0 Å². The third-order valence-corrected chi connectivity index (χ3v) is 9.95. The smallest absolute Gasteiger partial charge is 0.192 e. The summed E-state index contributed by atoms with van der Waals surface area (Å²) in [6, 6.07) is 0.567. The van der Waals surface area contributed by atoms with Crippen LogP contribution in [0.5, 0.6) is 0 Å². The molecule has 5 heteroatoms. The lowest BCUT2D eigenvalue weighted by Crippen LogP contribution is -2.44. The molecule has 114 valence electrons. The molecule has 1 aliphatic rings. The predicted octanol–water partition coefficient (Wildman–Crippen LogP) is 4.99. The van der Waals surface area contributed by atoms with Crippen LogP contribution in [0.3, 0.4) is 0 Å². The Bertz CT molecular complexity index is 445. The second-order valence-electron chi connectivity index (χ2n) is 7.45. The van der Waals surface area contributed by atoms with Crippen LogP contribution >= 0.6 is 22.6 Å². The Balaban J connectivity index is 1.89. The lowest BCUT2D eigenvalue weighted by Gasteiger charge is -2.41. The van der Waals surface area contributed by atoms with Crippen LogP contribution in [0.2, 0.25) is 18.1 Å². The lowest BCUT2D eigenvalue weighted by atomic mass is 9.93. The van der Waals surface area contributed by atoms with E-state index in [2.05, 4.69) is 72.4 Å². The zero-order valence-electron chi connectivity index (χ0n) is 13.3. The van der Waals surface area contributed by atoms with Gasteiger partial charge in [0.05, 0.1) is 15.8 Å². The molecule has 0 amide bonds. The standard InChI is InChI=1S/C15H27IN2OSi/c1-15(2,3)20(4,5)19-14-8-6-13(7-9-14)18-11-12(16)10-17-18/h10-11,13-14H,6-9H2,1-5H3. The number of hydrogen-bond acceptors (Lipinski definition) is 2. The Morgan fingerprint density at radius 2 is 1.85 bits per heavy atom. The summed E-state index contributed by atoms with van der Waals surface area (Å²) in [7, 11) is -1.61. The highest BCUT2D eigenvalue weighted by Crippen LogP contribution is 2.40. The Kier molecular flexibility index (Phi) is 5.01. The second-order valence-corrected chi connectivity index (χ2v) is 13.4. The van der Waals surface area contributed by atoms with Crippen LogP contribution in [0.15, 0.2) is 12.4 Å². The van der Waals surface area contributed by atoms with Crippen molar-refractivity contribution in [3.05, 3.63) is 16.0 Å². The molecule has 0 atom stereocenters. The van der Waals surface area contributed by atoms with Crippen LogP contribution < -0.4 is 0 Å². The summed E-state index contributed by atoms with van der Waals surface area (Å²) in [6.45, 7) is 11.7. The van der Waals surface area contributed by atoms with Gasteiger partial charge in [-0.05, 0) is 66.4 Å². The van der Waals surface area contributed by atoms with Crippen LogP contribution in [0.1, 0.15) is 52.5 Å². The Morgan fingerprint density at radius 1 is 1.25 bits per heavy atom. The molecule has 1 saturated carbocycles. The molecule has 0 bridgehead atoms. The van der Waals surface area contributed by atoms with Crippen molar-refractivity contribution in [1.82, 2.24) is 9.78 Å². The summed E-state index contributed by atoms with van der Waals surface area (Å²) >= 11 is 2.32. The Morgan fingerprint density at radius 3 is 2.30 bits per heavy atom. The van der Waals surface area contributed by atoms with Gasteiger partial charge in [-0.1, -0.05) is 20.8 Å². The van der Waals surface area contributed by atoms with E-state index in [0.717, 1.165) is 0 Å². The third-order valence-electron chi connectivity index (χ3n) is 4.86. The summed E-state index contributed by atoms with van der Waals surface area (Å²) < 4.78 is 9.91. The summed E-state index contributed by atoms with van der Waals surface area (Å²) in [6.07, 6.45) is 9.29.